The molecule has 0 atom stereocenters. The van der Waals surface area contributed by atoms with Crippen LogP contribution in [-0.4, -0.2) is 29.9 Å². The summed E-state index contributed by atoms with van der Waals surface area (Å²) < 4.78 is 0. The zero-order valence-corrected chi connectivity index (χ0v) is 60.8. The maximum absolute atomic E-state index is 5.38. The van der Waals surface area contributed by atoms with Crippen LogP contribution in [0.4, 0.5) is 0 Å². The Hall–Kier alpha value is -14.7. The minimum atomic E-state index is -0.472. The summed E-state index contributed by atoms with van der Waals surface area (Å²) in [5.74, 6) is 0. The predicted molar refractivity (Wildman–Crippen MR) is 461 cm³/mol. The maximum Gasteiger partial charge on any atom is 0.0972 e. The highest BCUT2D eigenvalue weighted by molar-refractivity contribution is 6.21. The highest BCUT2D eigenvalue weighted by Gasteiger charge is 2.49. The first kappa shape index (κ1) is 64.5. The van der Waals surface area contributed by atoms with Gasteiger partial charge in [-0.25, -0.2) is 19.9 Å². The third-order valence-electron chi connectivity index (χ3n) is 23.6. The lowest BCUT2D eigenvalue weighted by molar-refractivity contribution is 0.769. The fourth-order valence-corrected chi connectivity index (χ4v) is 18.6. The van der Waals surface area contributed by atoms with Crippen LogP contribution in [0, 0.1) is 0 Å². The fourth-order valence-electron chi connectivity index (χ4n) is 18.6. The average Bonchev–Trinajstić information content (AvgIpc) is 1.52. The summed E-state index contributed by atoms with van der Waals surface area (Å²) in [6.07, 6.45) is 3.67. The van der Waals surface area contributed by atoms with E-state index < -0.39 is 10.8 Å². The number of hydrogen-bond acceptors (Lipinski definition) is 6. The molecule has 0 spiro atoms. The predicted octanol–water partition coefficient (Wildman–Crippen LogP) is 26.0. The molecule has 112 heavy (non-hydrogen) atoms. The van der Waals surface area contributed by atoms with Crippen molar-refractivity contribution in [2.24, 2.45) is 0 Å². The molecule has 0 bridgehead atoms. The van der Waals surface area contributed by atoms with Crippen LogP contribution in [0.1, 0.15) is 44.5 Å². The molecule has 6 heteroatoms. The number of nitrogens with zero attached hydrogens (tertiary/aromatic N) is 6. The van der Waals surface area contributed by atoms with Gasteiger partial charge in [-0.3, -0.25) is 9.97 Å². The van der Waals surface area contributed by atoms with Gasteiger partial charge in [0.2, 0.25) is 0 Å². The van der Waals surface area contributed by atoms with E-state index in [4.69, 9.17) is 19.9 Å². The summed E-state index contributed by atoms with van der Waals surface area (Å²) in [6, 6.07) is 140. The number of fused-ring (bicyclic) bond motifs is 20. The molecule has 6 aromatic heterocycles. The molecule has 6 heterocycles. The van der Waals surface area contributed by atoms with Gasteiger partial charge in [0.05, 0.1) is 66.7 Å². The lowest BCUT2D eigenvalue weighted by Crippen LogP contribution is -2.28. The molecule has 21 aromatic rings. The molecule has 0 aliphatic heterocycles. The van der Waals surface area contributed by atoms with Crippen LogP contribution < -0.4 is 0 Å². The fraction of sp³-hybridized carbons (Fsp3) is 0.0189. The van der Waals surface area contributed by atoms with Crippen molar-refractivity contribution in [1.82, 2.24) is 29.9 Å². The number of benzene rings is 15. The zero-order valence-electron chi connectivity index (χ0n) is 60.8. The van der Waals surface area contributed by atoms with Gasteiger partial charge >= 0.3 is 0 Å². The van der Waals surface area contributed by atoms with Crippen molar-refractivity contribution >= 4 is 87.0 Å². The molecule has 0 amide bonds. The summed E-state index contributed by atoms with van der Waals surface area (Å²) in [7, 11) is 0. The Morgan fingerprint density at radius 2 is 0.518 bits per heavy atom. The minimum absolute atomic E-state index is 0.470. The Balaban J connectivity index is 0.000000138. The Morgan fingerprint density at radius 1 is 0.196 bits per heavy atom. The largest absolute Gasteiger partial charge is 0.254 e. The van der Waals surface area contributed by atoms with Crippen LogP contribution in [0.3, 0.4) is 0 Å². The molecule has 0 fully saturated rings. The SMILES string of the molecule is c1ccc(C2(c3ccccc3)c3ccccc3-c3c2ccc2c(-c4ccc(-c5ccc(-c6ccc7ccc8cccnc8c7n6)cc5)cc4)nc4ccccc4c32)cc1.c1ccc(C2(c3ccccc3)c3ccccc3-c3c2ccc2c(-c4ccc(-c5ccc6ccc7cccnc7c6n5)cc4)nc4ccccc4c32)cc1. The summed E-state index contributed by atoms with van der Waals surface area (Å²) in [5, 5.41) is 11.5. The van der Waals surface area contributed by atoms with Gasteiger partial charge in [-0.15, -0.1) is 0 Å². The summed E-state index contributed by atoms with van der Waals surface area (Å²) in [4.78, 5) is 30.2. The second-order valence-electron chi connectivity index (χ2n) is 29.4. The zero-order chi connectivity index (χ0) is 73.9. The van der Waals surface area contributed by atoms with Crippen LogP contribution in [0.25, 0.3) is 165 Å². The number of rotatable bonds is 9. The van der Waals surface area contributed by atoms with E-state index in [1.807, 2.05) is 24.5 Å². The van der Waals surface area contributed by atoms with E-state index in [1.54, 1.807) is 0 Å². The molecule has 0 unspecified atom stereocenters. The monoisotopic (exact) mass is 1420 g/mol. The standard InChI is InChI=1S/C56H35N3.C50H31N3/c1-3-13-42(14-4-1)56(43-15-5-2-6-16-43)47-19-9-7-17-44(47)52-48(56)33-32-46-51(52)45-18-8-10-20-50(45)59-53(46)40-27-23-37(24-28-40)36-21-25-38(26-22-36)49-34-31-41-30-29-39-12-11-35-57-54(39)55(41)58-49;1-3-13-36(14-4-1)50(37-15-5-2-6-16-37)41-19-9-7-17-38(41)46-42(50)29-28-40-45(46)39-18-8-10-20-44(39)53-47(40)34-23-21-32(22-24-34)43-30-27-35-26-25-33-12-11-31-51-48(33)49(35)52-43/h1-35H;1-31H. The van der Waals surface area contributed by atoms with E-state index in [9.17, 15) is 0 Å². The number of pyridine rings is 6. The number of aromatic nitrogens is 6. The van der Waals surface area contributed by atoms with Crippen molar-refractivity contribution in [3.05, 3.63) is 445 Å². The topological polar surface area (TPSA) is 77.3 Å². The van der Waals surface area contributed by atoms with Gasteiger partial charge in [-0.05, 0) is 114 Å². The second-order valence-corrected chi connectivity index (χ2v) is 29.4. The van der Waals surface area contributed by atoms with E-state index in [0.717, 1.165) is 132 Å². The number of para-hydroxylation sites is 2. The van der Waals surface area contributed by atoms with Gasteiger partial charge in [-0.2, -0.15) is 0 Å². The first-order valence-electron chi connectivity index (χ1n) is 38.3. The molecule has 0 saturated carbocycles. The van der Waals surface area contributed by atoms with Gasteiger partial charge < -0.3 is 0 Å². The van der Waals surface area contributed by atoms with Crippen LogP contribution in [0.2, 0.25) is 0 Å². The molecule has 2 aliphatic rings. The Bertz CT molecular complexity index is 7260. The third-order valence-corrected chi connectivity index (χ3v) is 23.6. The molecule has 6 nitrogen and oxygen atoms in total. The van der Waals surface area contributed by atoms with Crippen molar-refractivity contribution in [1.29, 1.82) is 0 Å². The first-order valence-corrected chi connectivity index (χ1v) is 38.3. The molecule has 0 saturated heterocycles. The number of hydrogen-bond donors (Lipinski definition) is 0. The van der Waals surface area contributed by atoms with Gasteiger partial charge in [0.25, 0.3) is 0 Å². The molecular formula is C106H66N6. The lowest BCUT2D eigenvalue weighted by atomic mass is 9.67. The van der Waals surface area contributed by atoms with E-state index in [2.05, 4.69) is 386 Å². The van der Waals surface area contributed by atoms with Crippen molar-refractivity contribution in [3.63, 3.8) is 0 Å². The first-order chi connectivity index (χ1) is 55.5. The molecule has 0 N–H and O–H groups in total. The smallest absolute Gasteiger partial charge is 0.0972 e. The average molecular weight is 1420 g/mol. The van der Waals surface area contributed by atoms with Crippen LogP contribution >= 0.6 is 0 Å². The van der Waals surface area contributed by atoms with Crippen molar-refractivity contribution in [3.8, 4) is 78.4 Å². The van der Waals surface area contributed by atoms with Crippen LogP contribution in [-0.2, 0) is 10.8 Å². The Kier molecular flexibility index (Phi) is 15.0. The molecule has 15 aromatic carbocycles. The highest BCUT2D eigenvalue weighted by Crippen LogP contribution is 2.61. The molecular weight excluding hydrogens is 1360 g/mol. The van der Waals surface area contributed by atoms with E-state index in [0.29, 0.717) is 0 Å². The molecule has 0 radical (unpaired) electrons. The highest BCUT2D eigenvalue weighted by atomic mass is 14.8. The van der Waals surface area contributed by atoms with Gasteiger partial charge in [-0.1, -0.05) is 352 Å². The quantitative estimate of drug-likeness (QED) is 0.134. The van der Waals surface area contributed by atoms with Crippen LogP contribution in [0.5, 0.6) is 0 Å². The molecule has 2 aliphatic carbocycles. The summed E-state index contributed by atoms with van der Waals surface area (Å²) >= 11 is 0. The van der Waals surface area contributed by atoms with Gasteiger partial charge in [0.15, 0.2) is 0 Å². The molecule has 520 valence electrons. The Labute approximate surface area is 647 Å². The Morgan fingerprint density at radius 3 is 0.911 bits per heavy atom. The van der Waals surface area contributed by atoms with Gasteiger partial charge in [0.1, 0.15) is 0 Å². The van der Waals surface area contributed by atoms with E-state index in [1.165, 1.54) is 77.5 Å². The van der Waals surface area contributed by atoms with Crippen molar-refractivity contribution in [2.45, 2.75) is 10.8 Å². The summed E-state index contributed by atoms with van der Waals surface area (Å²) in [6.45, 7) is 0. The maximum atomic E-state index is 5.38. The molecule has 23 rings (SSSR count). The van der Waals surface area contributed by atoms with E-state index >= 15 is 0 Å². The van der Waals surface area contributed by atoms with Gasteiger partial charge in [0, 0.05) is 88.5 Å². The van der Waals surface area contributed by atoms with Crippen molar-refractivity contribution in [2.75, 3.05) is 0 Å². The van der Waals surface area contributed by atoms with Crippen molar-refractivity contribution < 1.29 is 0 Å². The van der Waals surface area contributed by atoms with E-state index in [-0.39, 0.29) is 0 Å². The minimum Gasteiger partial charge on any atom is -0.254 e. The normalized spacial score (nSPS) is 13.0. The lowest BCUT2D eigenvalue weighted by Gasteiger charge is -2.34. The summed E-state index contributed by atoms with van der Waals surface area (Å²) in [5.41, 5.74) is 30.5. The van der Waals surface area contributed by atoms with Crippen LogP contribution in [0.15, 0.2) is 401 Å². The third kappa shape index (κ3) is 9.98. The second kappa shape index (κ2) is 26.0.